The molecule has 4 heteroatoms. The van der Waals surface area contributed by atoms with Crippen LogP contribution >= 0.6 is 11.8 Å². The van der Waals surface area contributed by atoms with Crippen LogP contribution < -0.4 is 0 Å². The standard InChI is InChI=1S/C13H18O3S/c1-13(2)15-8-12(16-13)11(14)9-17-10-6-4-3-5-7-10/h3-7,11-12,14H,8-9H2,1-2H3/t11-,12-/m0/s1. The lowest BCUT2D eigenvalue weighted by molar-refractivity contribution is -0.149. The number of benzene rings is 1. The maximum atomic E-state index is 10.0. The third-order valence-corrected chi connectivity index (χ3v) is 3.74. The highest BCUT2D eigenvalue weighted by Gasteiger charge is 2.36. The Balaban J connectivity index is 1.80. The number of hydrogen-bond donors (Lipinski definition) is 1. The van der Waals surface area contributed by atoms with Crippen LogP contribution in [0.15, 0.2) is 35.2 Å². The van der Waals surface area contributed by atoms with E-state index in [4.69, 9.17) is 9.47 Å². The van der Waals surface area contributed by atoms with Gasteiger partial charge in [0.2, 0.25) is 0 Å². The molecule has 0 saturated carbocycles. The first-order valence-corrected chi connectivity index (χ1v) is 6.73. The highest BCUT2D eigenvalue weighted by Crippen LogP contribution is 2.27. The van der Waals surface area contributed by atoms with Crippen LogP contribution in [0.3, 0.4) is 0 Å². The molecular formula is C13H18O3S. The first kappa shape index (κ1) is 12.9. The molecule has 1 heterocycles. The summed E-state index contributed by atoms with van der Waals surface area (Å²) in [6.07, 6.45) is -0.719. The van der Waals surface area contributed by atoms with E-state index in [9.17, 15) is 5.11 Å². The van der Waals surface area contributed by atoms with Gasteiger partial charge in [0, 0.05) is 10.6 Å². The second-order valence-electron chi connectivity index (χ2n) is 4.56. The molecule has 1 N–H and O–H groups in total. The van der Waals surface area contributed by atoms with E-state index in [1.54, 1.807) is 11.8 Å². The lowest BCUT2D eigenvalue weighted by Crippen LogP contribution is -2.32. The first-order chi connectivity index (χ1) is 8.07. The van der Waals surface area contributed by atoms with Crippen LogP contribution in [0.2, 0.25) is 0 Å². The number of aliphatic hydroxyl groups is 1. The molecular weight excluding hydrogens is 236 g/mol. The van der Waals surface area contributed by atoms with Crippen LogP contribution in [0.4, 0.5) is 0 Å². The Morgan fingerprint density at radius 2 is 2.12 bits per heavy atom. The predicted molar refractivity (Wildman–Crippen MR) is 68.1 cm³/mol. The number of aliphatic hydroxyl groups excluding tert-OH is 1. The molecule has 1 fully saturated rings. The predicted octanol–water partition coefficient (Wildman–Crippen LogP) is 2.29. The van der Waals surface area contributed by atoms with Gasteiger partial charge in [0.1, 0.15) is 6.10 Å². The van der Waals surface area contributed by atoms with Gasteiger partial charge in [-0.3, -0.25) is 0 Å². The number of ether oxygens (including phenoxy) is 2. The normalized spacial score (nSPS) is 24.8. The van der Waals surface area contributed by atoms with Crippen LogP contribution in [0.5, 0.6) is 0 Å². The minimum Gasteiger partial charge on any atom is -0.389 e. The molecule has 0 bridgehead atoms. The van der Waals surface area contributed by atoms with Crippen molar-refractivity contribution in [3.8, 4) is 0 Å². The summed E-state index contributed by atoms with van der Waals surface area (Å²) >= 11 is 1.63. The van der Waals surface area contributed by atoms with Gasteiger partial charge >= 0.3 is 0 Å². The Bertz CT molecular complexity index is 353. The summed E-state index contributed by atoms with van der Waals surface area (Å²) in [7, 11) is 0. The van der Waals surface area contributed by atoms with Crippen molar-refractivity contribution in [3.05, 3.63) is 30.3 Å². The van der Waals surface area contributed by atoms with E-state index >= 15 is 0 Å². The number of rotatable bonds is 4. The smallest absolute Gasteiger partial charge is 0.163 e. The second-order valence-corrected chi connectivity index (χ2v) is 5.65. The van der Waals surface area contributed by atoms with Gasteiger partial charge < -0.3 is 14.6 Å². The summed E-state index contributed by atoms with van der Waals surface area (Å²) in [5.41, 5.74) is 0. The summed E-state index contributed by atoms with van der Waals surface area (Å²) in [5.74, 6) is 0.0528. The van der Waals surface area contributed by atoms with Crippen molar-refractivity contribution < 1.29 is 14.6 Å². The van der Waals surface area contributed by atoms with E-state index in [0.29, 0.717) is 12.4 Å². The third-order valence-electron chi connectivity index (χ3n) is 2.62. The first-order valence-electron chi connectivity index (χ1n) is 5.74. The minimum atomic E-state index is -0.566. The van der Waals surface area contributed by atoms with Gasteiger partial charge in [-0.05, 0) is 26.0 Å². The Labute approximate surface area is 106 Å². The SMILES string of the molecule is CC1(C)OC[C@@H]([C@@H](O)CSc2ccccc2)O1. The monoisotopic (exact) mass is 254 g/mol. The van der Waals surface area contributed by atoms with E-state index in [1.807, 2.05) is 44.2 Å². The largest absolute Gasteiger partial charge is 0.389 e. The van der Waals surface area contributed by atoms with Gasteiger partial charge in [0.05, 0.1) is 12.7 Å². The van der Waals surface area contributed by atoms with Crippen LogP contribution in [-0.4, -0.2) is 35.5 Å². The Hall–Kier alpha value is -0.550. The number of thioether (sulfide) groups is 1. The zero-order chi connectivity index (χ0) is 12.3. The van der Waals surface area contributed by atoms with E-state index in [0.717, 1.165) is 4.90 Å². The van der Waals surface area contributed by atoms with Crippen molar-refractivity contribution in [3.63, 3.8) is 0 Å². The van der Waals surface area contributed by atoms with Gasteiger partial charge in [0.25, 0.3) is 0 Å². The molecule has 17 heavy (non-hydrogen) atoms. The highest BCUT2D eigenvalue weighted by molar-refractivity contribution is 7.99. The third kappa shape index (κ3) is 3.71. The van der Waals surface area contributed by atoms with E-state index in [-0.39, 0.29) is 6.10 Å². The molecule has 2 rings (SSSR count). The summed E-state index contributed by atoms with van der Waals surface area (Å²) < 4.78 is 11.0. The molecule has 1 aromatic carbocycles. The zero-order valence-electron chi connectivity index (χ0n) is 10.1. The Kier molecular flexibility index (Phi) is 4.09. The molecule has 1 aliphatic heterocycles. The molecule has 0 spiro atoms. The average Bonchev–Trinajstić information content (AvgIpc) is 2.68. The van der Waals surface area contributed by atoms with E-state index < -0.39 is 11.9 Å². The summed E-state index contributed by atoms with van der Waals surface area (Å²) in [6, 6.07) is 10.0. The summed E-state index contributed by atoms with van der Waals surface area (Å²) in [6.45, 7) is 4.19. The van der Waals surface area contributed by atoms with Gasteiger partial charge in [-0.25, -0.2) is 0 Å². The van der Waals surface area contributed by atoms with Crippen molar-refractivity contribution in [2.24, 2.45) is 0 Å². The molecule has 1 aromatic rings. The Morgan fingerprint density at radius 3 is 2.71 bits per heavy atom. The quantitative estimate of drug-likeness (QED) is 0.837. The maximum absolute atomic E-state index is 10.0. The average molecular weight is 254 g/mol. The Morgan fingerprint density at radius 1 is 1.41 bits per heavy atom. The van der Waals surface area contributed by atoms with E-state index in [2.05, 4.69) is 0 Å². The lowest BCUT2D eigenvalue weighted by atomic mass is 10.2. The maximum Gasteiger partial charge on any atom is 0.163 e. The molecule has 1 aliphatic rings. The number of hydrogen-bond acceptors (Lipinski definition) is 4. The van der Waals surface area contributed by atoms with Crippen molar-refractivity contribution in [2.75, 3.05) is 12.4 Å². The molecule has 0 amide bonds. The van der Waals surface area contributed by atoms with Crippen molar-refractivity contribution in [1.29, 1.82) is 0 Å². The van der Waals surface area contributed by atoms with Crippen LogP contribution in [0, 0.1) is 0 Å². The molecule has 0 aromatic heterocycles. The molecule has 0 unspecified atom stereocenters. The molecule has 0 radical (unpaired) electrons. The van der Waals surface area contributed by atoms with Crippen molar-refractivity contribution in [2.45, 2.75) is 36.7 Å². The van der Waals surface area contributed by atoms with Crippen molar-refractivity contribution >= 4 is 11.8 Å². The summed E-state index contributed by atoms with van der Waals surface area (Å²) in [4.78, 5) is 1.16. The van der Waals surface area contributed by atoms with Crippen LogP contribution in [0.25, 0.3) is 0 Å². The van der Waals surface area contributed by atoms with Gasteiger partial charge in [0.15, 0.2) is 5.79 Å². The van der Waals surface area contributed by atoms with Gasteiger partial charge in [-0.15, -0.1) is 11.8 Å². The van der Waals surface area contributed by atoms with Crippen LogP contribution in [0.1, 0.15) is 13.8 Å². The van der Waals surface area contributed by atoms with Gasteiger partial charge in [-0.1, -0.05) is 18.2 Å². The second kappa shape index (κ2) is 5.40. The fraction of sp³-hybridized carbons (Fsp3) is 0.538. The fourth-order valence-corrected chi connectivity index (χ4v) is 2.64. The fourth-order valence-electron chi connectivity index (χ4n) is 1.71. The van der Waals surface area contributed by atoms with Crippen LogP contribution in [-0.2, 0) is 9.47 Å². The molecule has 3 nitrogen and oxygen atoms in total. The molecule has 0 aliphatic carbocycles. The minimum absolute atomic E-state index is 0.221. The molecule has 94 valence electrons. The van der Waals surface area contributed by atoms with E-state index in [1.165, 1.54) is 0 Å². The van der Waals surface area contributed by atoms with Crippen molar-refractivity contribution in [1.82, 2.24) is 0 Å². The highest BCUT2D eigenvalue weighted by atomic mass is 32.2. The summed E-state index contributed by atoms with van der Waals surface area (Å²) in [5, 5.41) is 10.0. The lowest BCUT2D eigenvalue weighted by Gasteiger charge is -2.20. The molecule has 1 saturated heterocycles. The zero-order valence-corrected chi connectivity index (χ0v) is 10.9. The topological polar surface area (TPSA) is 38.7 Å². The molecule has 2 atom stereocenters. The van der Waals surface area contributed by atoms with Gasteiger partial charge in [-0.2, -0.15) is 0 Å².